The zero-order chi connectivity index (χ0) is 21.6. The number of carbonyl (C=O) groups excluding carboxylic acids is 2. The summed E-state index contributed by atoms with van der Waals surface area (Å²) in [4.78, 5) is 31.3. The Labute approximate surface area is 181 Å². The Morgan fingerprint density at radius 3 is 2.90 bits per heavy atom. The Morgan fingerprint density at radius 2 is 2.10 bits per heavy atom. The van der Waals surface area contributed by atoms with E-state index in [0.717, 1.165) is 12.8 Å². The average molecular weight is 426 g/mol. The van der Waals surface area contributed by atoms with Gasteiger partial charge in [0.1, 0.15) is 11.6 Å². The van der Waals surface area contributed by atoms with Gasteiger partial charge in [0.2, 0.25) is 5.91 Å². The molecule has 2 amide bonds. The second kappa shape index (κ2) is 9.87. The molecular formula is C23H27FN4O3. The number of ether oxygens (including phenoxy) is 1. The summed E-state index contributed by atoms with van der Waals surface area (Å²) in [6, 6.07) is 8.37. The number of hydrogen-bond donors (Lipinski definition) is 2. The molecule has 7 nitrogen and oxygen atoms in total. The number of nitrogens with one attached hydrogen (secondary N) is 2. The topological polar surface area (TPSA) is 83.6 Å². The minimum Gasteiger partial charge on any atom is -0.381 e. The summed E-state index contributed by atoms with van der Waals surface area (Å²) < 4.78 is 19.1. The summed E-state index contributed by atoms with van der Waals surface area (Å²) in [6.07, 6.45) is 4.53. The van der Waals surface area contributed by atoms with Crippen molar-refractivity contribution < 1.29 is 18.7 Å². The molecule has 164 valence electrons. The van der Waals surface area contributed by atoms with Crippen molar-refractivity contribution in [1.29, 1.82) is 0 Å². The van der Waals surface area contributed by atoms with E-state index < -0.39 is 0 Å². The number of carbonyl (C=O) groups is 2. The Morgan fingerprint density at radius 1 is 1.29 bits per heavy atom. The van der Waals surface area contributed by atoms with Crippen LogP contribution in [0.4, 0.5) is 15.9 Å². The monoisotopic (exact) mass is 426 g/mol. The molecular weight excluding hydrogens is 399 g/mol. The van der Waals surface area contributed by atoms with Crippen molar-refractivity contribution in [3.05, 3.63) is 53.5 Å². The van der Waals surface area contributed by atoms with Gasteiger partial charge >= 0.3 is 0 Å². The highest BCUT2D eigenvalue weighted by atomic mass is 19.1. The number of rotatable bonds is 7. The number of benzene rings is 1. The van der Waals surface area contributed by atoms with E-state index in [1.807, 2.05) is 0 Å². The SMILES string of the molecule is O=C(NCCCc1ccccc1F)c1cnc2c(c1)N(CC1CCOCC1)C(=O)CN2. The molecule has 0 bridgehead atoms. The van der Waals surface area contributed by atoms with E-state index >= 15 is 0 Å². The van der Waals surface area contributed by atoms with Crippen molar-refractivity contribution in [2.24, 2.45) is 5.92 Å². The predicted octanol–water partition coefficient (Wildman–Crippen LogP) is 2.77. The quantitative estimate of drug-likeness (QED) is 0.666. The minimum atomic E-state index is -0.257. The Hall–Kier alpha value is -3.00. The van der Waals surface area contributed by atoms with Gasteiger partial charge in [0.25, 0.3) is 5.91 Å². The first-order chi connectivity index (χ1) is 15.1. The van der Waals surface area contributed by atoms with E-state index in [4.69, 9.17) is 4.74 Å². The van der Waals surface area contributed by atoms with Crippen LogP contribution in [-0.4, -0.2) is 49.6 Å². The molecule has 2 aliphatic heterocycles. The van der Waals surface area contributed by atoms with Gasteiger partial charge in [-0.2, -0.15) is 0 Å². The summed E-state index contributed by atoms with van der Waals surface area (Å²) in [6.45, 7) is 2.65. The third kappa shape index (κ3) is 5.19. The van der Waals surface area contributed by atoms with Gasteiger partial charge in [-0.1, -0.05) is 18.2 Å². The van der Waals surface area contributed by atoms with Crippen LogP contribution < -0.4 is 15.5 Å². The number of nitrogens with zero attached hydrogens (tertiary/aromatic N) is 2. The van der Waals surface area contributed by atoms with Crippen molar-refractivity contribution >= 4 is 23.3 Å². The molecule has 2 N–H and O–H groups in total. The van der Waals surface area contributed by atoms with E-state index in [9.17, 15) is 14.0 Å². The molecule has 0 atom stereocenters. The molecule has 1 aromatic heterocycles. The van der Waals surface area contributed by atoms with Crippen LogP contribution in [-0.2, 0) is 16.0 Å². The van der Waals surface area contributed by atoms with Gasteiger partial charge in [-0.25, -0.2) is 9.37 Å². The first-order valence-corrected chi connectivity index (χ1v) is 10.8. The average Bonchev–Trinajstić information content (AvgIpc) is 2.80. The number of hydrogen-bond acceptors (Lipinski definition) is 5. The number of fused-ring (bicyclic) bond motifs is 1. The van der Waals surface area contributed by atoms with Gasteiger partial charge in [-0.3, -0.25) is 9.59 Å². The summed E-state index contributed by atoms with van der Waals surface area (Å²) in [5, 5.41) is 5.89. The van der Waals surface area contributed by atoms with Crippen molar-refractivity contribution in [3.8, 4) is 0 Å². The highest BCUT2D eigenvalue weighted by Gasteiger charge is 2.29. The molecule has 2 aliphatic rings. The van der Waals surface area contributed by atoms with E-state index in [0.29, 0.717) is 67.7 Å². The fraction of sp³-hybridized carbons (Fsp3) is 0.435. The minimum absolute atomic E-state index is 0.0248. The van der Waals surface area contributed by atoms with Crippen molar-refractivity contribution in [3.63, 3.8) is 0 Å². The highest BCUT2D eigenvalue weighted by Crippen LogP contribution is 2.30. The molecule has 0 radical (unpaired) electrons. The fourth-order valence-electron chi connectivity index (χ4n) is 3.98. The fourth-order valence-corrected chi connectivity index (χ4v) is 3.98. The predicted molar refractivity (Wildman–Crippen MR) is 116 cm³/mol. The molecule has 31 heavy (non-hydrogen) atoms. The third-order valence-electron chi connectivity index (χ3n) is 5.78. The van der Waals surface area contributed by atoms with E-state index in [2.05, 4.69) is 15.6 Å². The summed E-state index contributed by atoms with van der Waals surface area (Å²) in [7, 11) is 0. The Balaban J connectivity index is 1.38. The van der Waals surface area contributed by atoms with Crippen molar-refractivity contribution in [2.75, 3.05) is 43.1 Å². The highest BCUT2D eigenvalue weighted by molar-refractivity contribution is 6.04. The van der Waals surface area contributed by atoms with Crippen LogP contribution >= 0.6 is 0 Å². The molecule has 1 saturated heterocycles. The lowest BCUT2D eigenvalue weighted by Crippen LogP contribution is -2.44. The Bertz CT molecular complexity index is 946. The van der Waals surface area contributed by atoms with Crippen LogP contribution in [0, 0.1) is 11.7 Å². The molecule has 3 heterocycles. The molecule has 8 heteroatoms. The van der Waals surface area contributed by atoms with Gasteiger partial charge in [0.05, 0.1) is 17.8 Å². The number of anilines is 2. The second-order valence-corrected chi connectivity index (χ2v) is 7.96. The van der Waals surface area contributed by atoms with E-state index in [1.54, 1.807) is 29.2 Å². The number of aryl methyl sites for hydroxylation is 1. The smallest absolute Gasteiger partial charge is 0.252 e. The third-order valence-corrected chi connectivity index (χ3v) is 5.78. The lowest BCUT2D eigenvalue weighted by atomic mass is 9.99. The van der Waals surface area contributed by atoms with Gasteiger partial charge in [-0.15, -0.1) is 0 Å². The van der Waals surface area contributed by atoms with E-state index in [1.165, 1.54) is 12.3 Å². The summed E-state index contributed by atoms with van der Waals surface area (Å²) in [5.74, 6) is 0.480. The molecule has 0 spiro atoms. The second-order valence-electron chi connectivity index (χ2n) is 7.96. The maximum absolute atomic E-state index is 13.7. The van der Waals surface area contributed by atoms with Crippen LogP contribution in [0.3, 0.4) is 0 Å². The maximum Gasteiger partial charge on any atom is 0.252 e. The summed E-state index contributed by atoms with van der Waals surface area (Å²) >= 11 is 0. The first-order valence-electron chi connectivity index (χ1n) is 10.8. The van der Waals surface area contributed by atoms with Crippen LogP contribution in [0.2, 0.25) is 0 Å². The number of pyridine rings is 1. The molecule has 1 fully saturated rings. The molecule has 0 unspecified atom stereocenters. The standard InChI is InChI=1S/C23H27FN4O3/c24-19-6-2-1-4-17(19)5-3-9-25-23(30)18-12-20-22(26-13-18)27-14-21(29)28(20)15-16-7-10-31-11-8-16/h1-2,4,6,12-13,16H,3,5,7-11,14-15H2,(H,25,30)(H,26,27). The van der Waals surface area contributed by atoms with Crippen molar-refractivity contribution in [1.82, 2.24) is 10.3 Å². The summed E-state index contributed by atoms with van der Waals surface area (Å²) in [5.41, 5.74) is 1.68. The lowest BCUT2D eigenvalue weighted by molar-refractivity contribution is -0.117. The van der Waals surface area contributed by atoms with Gasteiger partial charge in [0, 0.05) is 32.5 Å². The number of amides is 2. The van der Waals surface area contributed by atoms with Gasteiger partial charge < -0.3 is 20.3 Å². The number of aromatic nitrogens is 1. The largest absolute Gasteiger partial charge is 0.381 e. The van der Waals surface area contributed by atoms with Crippen molar-refractivity contribution in [2.45, 2.75) is 25.7 Å². The van der Waals surface area contributed by atoms with Crippen LogP contribution in [0.5, 0.6) is 0 Å². The normalized spacial score (nSPS) is 16.5. The van der Waals surface area contributed by atoms with Gasteiger partial charge in [-0.05, 0) is 49.3 Å². The van der Waals surface area contributed by atoms with E-state index in [-0.39, 0.29) is 24.2 Å². The molecule has 0 saturated carbocycles. The number of halogens is 1. The van der Waals surface area contributed by atoms with Crippen LogP contribution in [0.15, 0.2) is 36.5 Å². The first kappa shape index (κ1) is 21.2. The molecule has 1 aromatic carbocycles. The molecule has 2 aromatic rings. The van der Waals surface area contributed by atoms with Gasteiger partial charge in [0.15, 0.2) is 0 Å². The zero-order valence-corrected chi connectivity index (χ0v) is 17.4. The van der Waals surface area contributed by atoms with Crippen LogP contribution in [0.25, 0.3) is 0 Å². The lowest BCUT2D eigenvalue weighted by Gasteiger charge is -2.33. The maximum atomic E-state index is 13.7. The van der Waals surface area contributed by atoms with Crippen LogP contribution in [0.1, 0.15) is 35.2 Å². The molecule has 0 aliphatic carbocycles. The molecule has 4 rings (SSSR count). The zero-order valence-electron chi connectivity index (χ0n) is 17.4. The Kier molecular flexibility index (Phi) is 6.76.